The summed E-state index contributed by atoms with van der Waals surface area (Å²) in [6, 6.07) is 5.41. The predicted molar refractivity (Wildman–Crippen MR) is 78.7 cm³/mol. The van der Waals surface area contributed by atoms with Crippen LogP contribution in [0.5, 0.6) is 0 Å². The van der Waals surface area contributed by atoms with Gasteiger partial charge >= 0.3 is 5.97 Å². The second-order valence-corrected chi connectivity index (χ2v) is 6.37. The van der Waals surface area contributed by atoms with E-state index in [0.29, 0.717) is 11.6 Å². The fourth-order valence-corrected chi connectivity index (χ4v) is 2.82. The largest absolute Gasteiger partial charge is 0.455 e. The number of ether oxygens (including phenoxy) is 1. The number of rotatable bonds is 4. The van der Waals surface area contributed by atoms with Crippen molar-refractivity contribution in [2.45, 2.75) is 13.3 Å². The maximum Gasteiger partial charge on any atom is 0.309 e. The van der Waals surface area contributed by atoms with Crippen molar-refractivity contribution < 1.29 is 14.3 Å². The van der Waals surface area contributed by atoms with Gasteiger partial charge in [-0.2, -0.15) is 0 Å². The van der Waals surface area contributed by atoms with Crippen molar-refractivity contribution in [3.8, 4) is 0 Å². The molecule has 0 unspecified atom stereocenters. The average molecular weight is 391 g/mol. The van der Waals surface area contributed by atoms with Crippen LogP contribution in [-0.2, 0) is 14.3 Å². The van der Waals surface area contributed by atoms with Crippen molar-refractivity contribution in [2.75, 3.05) is 11.9 Å². The number of halogens is 2. The first-order valence-electron chi connectivity index (χ1n) is 5.89. The Labute approximate surface area is 128 Å². The van der Waals surface area contributed by atoms with E-state index in [0.717, 1.165) is 15.4 Å². The molecule has 0 heterocycles. The van der Waals surface area contributed by atoms with E-state index in [1.54, 1.807) is 6.07 Å². The van der Waals surface area contributed by atoms with Gasteiger partial charge in [-0.1, -0.05) is 22.9 Å². The van der Waals surface area contributed by atoms with Gasteiger partial charge in [0.05, 0.1) is 11.6 Å². The zero-order valence-electron chi connectivity index (χ0n) is 10.3. The molecule has 1 aliphatic rings. The fraction of sp³-hybridized carbons (Fsp3) is 0.385. The third-order valence-corrected chi connectivity index (χ3v) is 4.11. The Balaban J connectivity index is 1.82. The second-order valence-electron chi connectivity index (χ2n) is 4.60. The Bertz CT molecular complexity index is 519. The molecule has 1 aromatic rings. The molecule has 2 rings (SSSR count). The number of nitrogens with one attached hydrogen (secondary N) is 1. The van der Waals surface area contributed by atoms with Gasteiger partial charge in [-0.25, -0.2) is 0 Å². The highest BCUT2D eigenvalue weighted by molar-refractivity contribution is 9.11. The van der Waals surface area contributed by atoms with Crippen molar-refractivity contribution >= 4 is 49.4 Å². The van der Waals surface area contributed by atoms with E-state index < -0.39 is 0 Å². The Morgan fingerprint density at radius 2 is 2.11 bits per heavy atom. The SMILES string of the molecule is C[C@@H]1C[C@@H]1C(=O)OCC(=O)Nc1ccc(Br)cc1Br. The molecular formula is C13H13Br2NO3. The minimum absolute atomic E-state index is 0.0211. The molecule has 4 nitrogen and oxygen atoms in total. The lowest BCUT2D eigenvalue weighted by atomic mass is 10.3. The van der Waals surface area contributed by atoms with Crippen LogP contribution in [0.15, 0.2) is 27.1 Å². The van der Waals surface area contributed by atoms with Gasteiger partial charge in [0.1, 0.15) is 0 Å². The standard InChI is InChI=1S/C13H13Br2NO3/c1-7-4-9(7)13(18)19-6-12(17)16-11-3-2-8(14)5-10(11)15/h2-3,5,7,9H,4,6H2,1H3,(H,16,17)/t7-,9+/m1/s1. The Kier molecular flexibility index (Phi) is 4.62. The van der Waals surface area contributed by atoms with Gasteiger partial charge in [-0.15, -0.1) is 0 Å². The van der Waals surface area contributed by atoms with Crippen LogP contribution in [0, 0.1) is 11.8 Å². The van der Waals surface area contributed by atoms with Crippen molar-refractivity contribution in [3.63, 3.8) is 0 Å². The summed E-state index contributed by atoms with van der Waals surface area (Å²) in [4.78, 5) is 23.1. The molecule has 0 saturated heterocycles. The summed E-state index contributed by atoms with van der Waals surface area (Å²) < 4.78 is 6.63. The van der Waals surface area contributed by atoms with E-state index in [9.17, 15) is 9.59 Å². The number of esters is 1. The molecule has 1 aliphatic carbocycles. The van der Waals surface area contributed by atoms with Crippen LogP contribution in [0.1, 0.15) is 13.3 Å². The van der Waals surface area contributed by atoms with Crippen molar-refractivity contribution in [1.82, 2.24) is 0 Å². The van der Waals surface area contributed by atoms with Gasteiger partial charge in [0.15, 0.2) is 6.61 Å². The highest BCUT2D eigenvalue weighted by Crippen LogP contribution is 2.38. The van der Waals surface area contributed by atoms with Crippen LogP contribution < -0.4 is 5.32 Å². The van der Waals surface area contributed by atoms with Crippen LogP contribution in [0.25, 0.3) is 0 Å². The summed E-state index contributed by atoms with van der Waals surface area (Å²) in [5.74, 6) is -0.259. The van der Waals surface area contributed by atoms with Crippen LogP contribution in [0.3, 0.4) is 0 Å². The smallest absolute Gasteiger partial charge is 0.309 e. The van der Waals surface area contributed by atoms with Crippen LogP contribution in [0.2, 0.25) is 0 Å². The predicted octanol–water partition coefficient (Wildman–Crippen LogP) is 3.35. The van der Waals surface area contributed by atoms with Gasteiger partial charge in [-0.05, 0) is 46.5 Å². The van der Waals surface area contributed by atoms with Gasteiger partial charge in [0.25, 0.3) is 5.91 Å². The molecule has 0 radical (unpaired) electrons. The van der Waals surface area contributed by atoms with E-state index in [4.69, 9.17) is 4.74 Å². The third-order valence-electron chi connectivity index (χ3n) is 2.96. The molecule has 0 spiro atoms. The molecule has 1 aromatic carbocycles. The number of carbonyl (C=O) groups is 2. The van der Waals surface area contributed by atoms with Crippen molar-refractivity contribution in [1.29, 1.82) is 0 Å². The summed E-state index contributed by atoms with van der Waals surface area (Å²) in [5, 5.41) is 2.68. The van der Waals surface area contributed by atoms with E-state index in [1.807, 2.05) is 19.1 Å². The lowest BCUT2D eigenvalue weighted by Crippen LogP contribution is -2.21. The van der Waals surface area contributed by atoms with E-state index >= 15 is 0 Å². The van der Waals surface area contributed by atoms with Crippen LogP contribution in [0.4, 0.5) is 5.69 Å². The quantitative estimate of drug-likeness (QED) is 0.802. The van der Waals surface area contributed by atoms with Gasteiger partial charge < -0.3 is 10.1 Å². The average Bonchev–Trinajstić information content (AvgIpc) is 3.07. The number of amides is 1. The maximum absolute atomic E-state index is 11.7. The number of hydrogen-bond acceptors (Lipinski definition) is 3. The van der Waals surface area contributed by atoms with E-state index in [1.165, 1.54) is 0 Å². The van der Waals surface area contributed by atoms with Gasteiger partial charge in [-0.3, -0.25) is 9.59 Å². The molecule has 1 fully saturated rings. The first-order valence-corrected chi connectivity index (χ1v) is 7.47. The molecule has 0 aliphatic heterocycles. The number of anilines is 1. The monoisotopic (exact) mass is 389 g/mol. The molecule has 1 amide bonds. The van der Waals surface area contributed by atoms with Crippen molar-refractivity contribution in [2.24, 2.45) is 11.8 Å². The zero-order valence-corrected chi connectivity index (χ0v) is 13.5. The number of benzene rings is 1. The lowest BCUT2D eigenvalue weighted by molar-refractivity contribution is -0.148. The minimum atomic E-state index is -0.343. The molecule has 1 saturated carbocycles. The third kappa shape index (κ3) is 4.04. The molecule has 0 bridgehead atoms. The summed E-state index contributed by atoms with van der Waals surface area (Å²) in [6.07, 6.45) is 0.860. The zero-order chi connectivity index (χ0) is 14.0. The summed E-state index contributed by atoms with van der Waals surface area (Å²) >= 11 is 6.67. The Hall–Kier alpha value is -0.880. The minimum Gasteiger partial charge on any atom is -0.455 e. The normalized spacial score (nSPS) is 20.8. The number of carbonyl (C=O) groups excluding carboxylic acids is 2. The Morgan fingerprint density at radius 3 is 2.68 bits per heavy atom. The maximum atomic E-state index is 11.7. The Morgan fingerprint density at radius 1 is 1.42 bits per heavy atom. The van der Waals surface area contributed by atoms with Crippen LogP contribution in [-0.4, -0.2) is 18.5 Å². The van der Waals surface area contributed by atoms with E-state index in [-0.39, 0.29) is 24.4 Å². The second kappa shape index (κ2) is 6.05. The summed E-state index contributed by atoms with van der Waals surface area (Å²) in [5.41, 5.74) is 0.643. The molecule has 102 valence electrons. The summed E-state index contributed by atoms with van der Waals surface area (Å²) in [7, 11) is 0. The topological polar surface area (TPSA) is 55.4 Å². The molecular weight excluding hydrogens is 378 g/mol. The summed E-state index contributed by atoms with van der Waals surface area (Å²) in [6.45, 7) is 1.75. The lowest BCUT2D eigenvalue weighted by Gasteiger charge is -2.08. The molecule has 2 atom stereocenters. The van der Waals surface area contributed by atoms with E-state index in [2.05, 4.69) is 37.2 Å². The first kappa shape index (κ1) is 14.5. The molecule has 6 heteroatoms. The van der Waals surface area contributed by atoms with Gasteiger partial charge in [0, 0.05) is 8.95 Å². The number of hydrogen-bond donors (Lipinski definition) is 1. The molecule has 1 N–H and O–H groups in total. The first-order chi connectivity index (χ1) is 8.97. The fourth-order valence-electron chi connectivity index (χ4n) is 1.67. The van der Waals surface area contributed by atoms with Crippen LogP contribution >= 0.6 is 31.9 Å². The highest BCUT2D eigenvalue weighted by Gasteiger charge is 2.40. The molecule has 19 heavy (non-hydrogen) atoms. The van der Waals surface area contributed by atoms with Crippen molar-refractivity contribution in [3.05, 3.63) is 27.1 Å². The highest BCUT2D eigenvalue weighted by atomic mass is 79.9. The van der Waals surface area contributed by atoms with Gasteiger partial charge in [0.2, 0.25) is 0 Å². The molecule has 0 aromatic heterocycles.